The predicted octanol–water partition coefficient (Wildman–Crippen LogP) is 5.13. The van der Waals surface area contributed by atoms with Crippen molar-refractivity contribution in [1.82, 2.24) is 4.90 Å². The second-order valence-electron chi connectivity index (χ2n) is 13.2. The number of ketones is 1. The average Bonchev–Trinajstić information content (AvgIpc) is 3.09. The number of piperidine rings is 2. The van der Waals surface area contributed by atoms with Gasteiger partial charge in [0.15, 0.2) is 0 Å². The Hall–Kier alpha value is -0.120. The summed E-state index contributed by atoms with van der Waals surface area (Å²) >= 11 is 6.54. The fraction of sp³-hybridized carbons (Fsp3) is 0.963. The number of hydrogen-bond acceptors (Lipinski definition) is 3. The fourth-order valence-electron chi connectivity index (χ4n) is 10.3. The minimum atomic E-state index is -0.555. The quantitative estimate of drug-likeness (QED) is 0.523. The Morgan fingerprint density at radius 3 is 2.55 bits per heavy atom. The third-order valence-corrected chi connectivity index (χ3v) is 12.2. The normalized spacial score (nSPS) is 59.2. The third kappa shape index (κ3) is 3.01. The van der Waals surface area contributed by atoms with Crippen LogP contribution in [0.1, 0.15) is 78.6 Å². The molecule has 2 aliphatic heterocycles. The lowest BCUT2D eigenvalue weighted by Gasteiger charge is -2.59. The number of alkyl halides is 1. The number of carbonyl (C=O) groups is 1. The van der Waals surface area contributed by atoms with Gasteiger partial charge in [-0.1, -0.05) is 13.8 Å². The molecule has 31 heavy (non-hydrogen) atoms. The predicted molar refractivity (Wildman–Crippen MR) is 124 cm³/mol. The van der Waals surface area contributed by atoms with Crippen molar-refractivity contribution in [2.24, 2.45) is 52.8 Å². The molecule has 4 aliphatic carbocycles. The first-order chi connectivity index (χ1) is 14.7. The maximum Gasteiger partial charge on any atom is 0.136 e. The summed E-state index contributed by atoms with van der Waals surface area (Å²) in [4.78, 5) is 16.0. The molecule has 2 saturated heterocycles. The second-order valence-corrected chi connectivity index (χ2v) is 13.8. The molecule has 0 aromatic rings. The summed E-state index contributed by atoms with van der Waals surface area (Å²) in [6.45, 7) is 9.34. The molecule has 0 aromatic carbocycles. The van der Waals surface area contributed by atoms with Gasteiger partial charge in [-0.15, -0.1) is 11.6 Å². The third-order valence-electron chi connectivity index (χ3n) is 11.8. The Labute approximate surface area is 193 Å². The van der Waals surface area contributed by atoms with Gasteiger partial charge in [0.25, 0.3) is 0 Å². The molecule has 4 saturated carbocycles. The highest BCUT2D eigenvalue weighted by atomic mass is 35.5. The molecule has 12 unspecified atom stereocenters. The molecule has 6 fully saturated rings. The molecule has 3 nitrogen and oxygen atoms in total. The van der Waals surface area contributed by atoms with E-state index >= 15 is 0 Å². The van der Waals surface area contributed by atoms with Gasteiger partial charge in [-0.25, -0.2) is 0 Å². The number of fused-ring (bicyclic) bond motifs is 8. The summed E-state index contributed by atoms with van der Waals surface area (Å²) in [5.41, 5.74) is -0.391. The molecule has 174 valence electrons. The van der Waals surface area contributed by atoms with E-state index in [-0.39, 0.29) is 16.7 Å². The van der Waals surface area contributed by atoms with Crippen LogP contribution in [0.2, 0.25) is 0 Å². The molecular weight excluding hydrogens is 406 g/mol. The van der Waals surface area contributed by atoms with Crippen LogP contribution in [-0.4, -0.2) is 45.9 Å². The molecule has 0 amide bonds. The van der Waals surface area contributed by atoms with Crippen LogP contribution in [-0.2, 0) is 4.79 Å². The van der Waals surface area contributed by atoms with E-state index in [2.05, 4.69) is 25.7 Å². The van der Waals surface area contributed by atoms with Gasteiger partial charge in [0.05, 0.1) is 5.60 Å². The van der Waals surface area contributed by atoms with Crippen molar-refractivity contribution in [3.8, 4) is 0 Å². The van der Waals surface area contributed by atoms with Crippen molar-refractivity contribution >= 4 is 17.4 Å². The van der Waals surface area contributed by atoms with E-state index in [1.165, 1.54) is 32.2 Å². The Bertz CT molecular complexity index is 754. The number of nitrogens with zero attached hydrogens (tertiary/aromatic N) is 1. The maximum absolute atomic E-state index is 13.3. The molecule has 0 aromatic heterocycles. The van der Waals surface area contributed by atoms with Crippen LogP contribution in [0.4, 0.5) is 0 Å². The van der Waals surface area contributed by atoms with E-state index in [1.54, 1.807) is 0 Å². The lowest BCUT2D eigenvalue weighted by molar-refractivity contribution is -0.175. The van der Waals surface area contributed by atoms with Crippen molar-refractivity contribution in [1.29, 1.82) is 0 Å². The molecule has 6 rings (SSSR count). The van der Waals surface area contributed by atoms with Crippen LogP contribution in [0.25, 0.3) is 0 Å². The molecule has 2 heterocycles. The van der Waals surface area contributed by atoms with Gasteiger partial charge in [-0.3, -0.25) is 9.69 Å². The molecule has 6 aliphatic rings. The number of aliphatic hydroxyl groups is 1. The van der Waals surface area contributed by atoms with E-state index in [9.17, 15) is 9.90 Å². The molecule has 0 radical (unpaired) electrons. The van der Waals surface area contributed by atoms with Crippen LogP contribution < -0.4 is 0 Å². The smallest absolute Gasteiger partial charge is 0.136 e. The first-order valence-electron chi connectivity index (χ1n) is 13.3. The molecule has 12 atom stereocenters. The zero-order valence-corrected chi connectivity index (χ0v) is 20.5. The Morgan fingerprint density at radius 2 is 1.74 bits per heavy atom. The standard InChI is InChI=1S/C27H42ClNO2/c1-15-4-7-25-27(3,31)21-6-5-17-18(20(21)14-29(25)13-15)11-22-19(17)12-24(30)23-10-16(28)8-9-26(22,23)2/h15-23,25,31H,4-14H2,1-3H3. The van der Waals surface area contributed by atoms with Crippen molar-refractivity contribution in [3.63, 3.8) is 0 Å². The summed E-state index contributed by atoms with van der Waals surface area (Å²) in [6.07, 6.45) is 10.0. The van der Waals surface area contributed by atoms with Crippen LogP contribution in [0.5, 0.6) is 0 Å². The van der Waals surface area contributed by atoms with Crippen molar-refractivity contribution in [3.05, 3.63) is 0 Å². The average molecular weight is 448 g/mol. The number of hydrogen-bond donors (Lipinski definition) is 1. The molecule has 1 N–H and O–H groups in total. The molecule has 4 heteroatoms. The highest BCUT2D eigenvalue weighted by Gasteiger charge is 2.64. The molecular formula is C27H42ClNO2. The Morgan fingerprint density at radius 1 is 0.935 bits per heavy atom. The number of halogens is 1. The lowest BCUT2D eigenvalue weighted by Crippen LogP contribution is -2.67. The lowest BCUT2D eigenvalue weighted by atomic mass is 9.52. The Balaban J connectivity index is 1.31. The van der Waals surface area contributed by atoms with E-state index in [0.29, 0.717) is 47.3 Å². The van der Waals surface area contributed by atoms with Gasteiger partial charge >= 0.3 is 0 Å². The van der Waals surface area contributed by atoms with Gasteiger partial charge in [0, 0.05) is 36.8 Å². The first-order valence-corrected chi connectivity index (χ1v) is 13.8. The van der Waals surface area contributed by atoms with Gasteiger partial charge in [0.2, 0.25) is 0 Å². The number of Topliss-reactive ketones (excluding diaryl/α,β-unsaturated/α-hetero) is 1. The summed E-state index contributed by atoms with van der Waals surface area (Å²) in [7, 11) is 0. The van der Waals surface area contributed by atoms with Gasteiger partial charge in [0.1, 0.15) is 5.78 Å². The molecule has 0 bridgehead atoms. The van der Waals surface area contributed by atoms with Gasteiger partial charge in [-0.05, 0) is 105 Å². The monoisotopic (exact) mass is 447 g/mol. The SMILES string of the molecule is CC1CCC2N(C1)CC1C3CC4C(CC(=O)C5CC(Cl)CCC54C)C3CCC1C2(C)O. The highest BCUT2D eigenvalue weighted by Crippen LogP contribution is 2.66. The van der Waals surface area contributed by atoms with Gasteiger partial charge in [-0.2, -0.15) is 0 Å². The minimum Gasteiger partial charge on any atom is -0.388 e. The van der Waals surface area contributed by atoms with Crippen LogP contribution in [0, 0.1) is 52.8 Å². The van der Waals surface area contributed by atoms with E-state index in [1.807, 2.05) is 0 Å². The summed E-state index contributed by atoms with van der Waals surface area (Å²) in [5.74, 6) is 5.22. The minimum absolute atomic E-state index is 0.164. The van der Waals surface area contributed by atoms with E-state index < -0.39 is 5.60 Å². The highest BCUT2D eigenvalue weighted by molar-refractivity contribution is 6.20. The maximum atomic E-state index is 13.3. The van der Waals surface area contributed by atoms with Crippen LogP contribution >= 0.6 is 11.6 Å². The van der Waals surface area contributed by atoms with E-state index in [0.717, 1.165) is 44.6 Å². The largest absolute Gasteiger partial charge is 0.388 e. The summed E-state index contributed by atoms with van der Waals surface area (Å²) in [5, 5.41) is 12.0. The van der Waals surface area contributed by atoms with Crippen molar-refractivity contribution in [2.45, 2.75) is 95.6 Å². The molecule has 0 spiro atoms. The van der Waals surface area contributed by atoms with Crippen LogP contribution in [0.15, 0.2) is 0 Å². The zero-order chi connectivity index (χ0) is 21.7. The van der Waals surface area contributed by atoms with Crippen LogP contribution in [0.3, 0.4) is 0 Å². The number of rotatable bonds is 0. The first kappa shape index (κ1) is 21.4. The summed E-state index contributed by atoms with van der Waals surface area (Å²) < 4.78 is 0. The fourth-order valence-corrected chi connectivity index (χ4v) is 10.6. The van der Waals surface area contributed by atoms with Gasteiger partial charge < -0.3 is 5.11 Å². The second kappa shape index (κ2) is 7.19. The summed E-state index contributed by atoms with van der Waals surface area (Å²) in [6, 6.07) is 0.354. The Kier molecular flexibility index (Phi) is 4.97. The topological polar surface area (TPSA) is 40.5 Å². The van der Waals surface area contributed by atoms with Crippen molar-refractivity contribution in [2.75, 3.05) is 13.1 Å². The van der Waals surface area contributed by atoms with E-state index in [4.69, 9.17) is 11.6 Å². The van der Waals surface area contributed by atoms with Crippen molar-refractivity contribution < 1.29 is 9.90 Å². The number of carbonyl (C=O) groups excluding carboxylic acids is 1. The zero-order valence-electron chi connectivity index (χ0n) is 19.7.